The van der Waals surface area contributed by atoms with E-state index in [1.165, 1.54) is 30.4 Å². The molecule has 1 saturated heterocycles. The molecule has 7 N–H and O–H groups in total. The van der Waals surface area contributed by atoms with Gasteiger partial charge in [0.1, 0.15) is 17.8 Å². The fraction of sp³-hybridized carbons (Fsp3) is 0.528. The van der Waals surface area contributed by atoms with Gasteiger partial charge in [0.05, 0.1) is 24.1 Å². The van der Waals surface area contributed by atoms with Crippen molar-refractivity contribution in [2.24, 2.45) is 11.1 Å². The highest BCUT2D eigenvalue weighted by molar-refractivity contribution is 8.03. The van der Waals surface area contributed by atoms with Gasteiger partial charge in [0, 0.05) is 28.4 Å². The molecule has 2 aromatic carbocycles. The van der Waals surface area contributed by atoms with Crippen LogP contribution in [-0.4, -0.2) is 92.3 Å². The number of nitrogens with one attached hydrogen (secondary N) is 3. The fourth-order valence-corrected chi connectivity index (χ4v) is 8.97. The van der Waals surface area contributed by atoms with E-state index in [-0.39, 0.29) is 43.0 Å². The van der Waals surface area contributed by atoms with Crippen molar-refractivity contribution in [3.8, 4) is 5.75 Å². The maximum absolute atomic E-state index is 14.5. The first kappa shape index (κ1) is 38.4. The number of nitrogens with two attached hydrogens (primary N) is 1. The summed E-state index contributed by atoms with van der Waals surface area (Å²) < 4.78 is -0.827. The zero-order chi connectivity index (χ0) is 36.1. The van der Waals surface area contributed by atoms with Crippen molar-refractivity contribution in [2.75, 3.05) is 23.9 Å². The molecule has 2 aliphatic rings. The predicted octanol–water partition coefficient (Wildman–Crippen LogP) is 1.92. The summed E-state index contributed by atoms with van der Waals surface area (Å²) in [7, 11) is 0. The number of rotatable bonds is 8. The van der Waals surface area contributed by atoms with Gasteiger partial charge in [-0.1, -0.05) is 24.3 Å². The minimum absolute atomic E-state index is 0.134. The standard InChI is InChI=1S/C36H48N4O7S2/c1-20-12-25(43)13-21(2)26(20)14-27(37)32(45)39-29-19-48-10-11-49-35(4,5)31(33(46)38-28(18-41)22(3)42)40-34(47)36(17-30(29)44)15-23-8-6-7-9-24(23)16-36/h6-9,12-13,27-29,31,41,43H,10-11,14-19,37H2,1-5H3,(H,38,46)(H,39,45)(H,40,47)/t27-,28-,29+,31-/m0/s1. The number of Topliss-reactive ketones (excluding diaryl/α,β-unsaturated/α-hetero) is 2. The van der Waals surface area contributed by atoms with E-state index in [9.17, 15) is 34.2 Å². The molecule has 0 aromatic heterocycles. The minimum atomic E-state index is -1.24. The number of thioether (sulfide) groups is 2. The summed E-state index contributed by atoms with van der Waals surface area (Å²) in [5, 5.41) is 28.1. The molecule has 1 fully saturated rings. The number of amides is 3. The number of ketones is 2. The maximum Gasteiger partial charge on any atom is 0.244 e. The lowest BCUT2D eigenvalue weighted by Gasteiger charge is -2.37. The molecule has 1 spiro atoms. The number of hydrogen-bond acceptors (Lipinski definition) is 10. The molecular formula is C36H48N4O7S2. The number of aliphatic hydroxyl groups is 1. The molecule has 13 heteroatoms. The van der Waals surface area contributed by atoms with Crippen LogP contribution in [0.5, 0.6) is 5.75 Å². The zero-order valence-electron chi connectivity index (χ0n) is 28.8. The second-order valence-electron chi connectivity index (χ2n) is 13.8. The number of carbonyl (C=O) groups is 5. The molecule has 3 amide bonds. The van der Waals surface area contributed by atoms with Crippen molar-refractivity contribution < 1.29 is 34.2 Å². The Morgan fingerprint density at radius 3 is 2.22 bits per heavy atom. The Balaban J connectivity index is 1.63. The topological polar surface area (TPSA) is 188 Å². The molecule has 0 saturated carbocycles. The summed E-state index contributed by atoms with van der Waals surface area (Å²) in [5.41, 5.74) is 9.47. The van der Waals surface area contributed by atoms with Gasteiger partial charge in [-0.05, 0) is 93.8 Å². The highest BCUT2D eigenvalue weighted by atomic mass is 32.2. The second-order valence-corrected chi connectivity index (χ2v) is 16.7. The Morgan fingerprint density at radius 1 is 1.04 bits per heavy atom. The first-order valence-corrected chi connectivity index (χ1v) is 18.6. The van der Waals surface area contributed by atoms with Crippen LogP contribution >= 0.6 is 23.5 Å². The average molecular weight is 713 g/mol. The van der Waals surface area contributed by atoms with E-state index in [0.717, 1.165) is 27.8 Å². The first-order valence-electron chi connectivity index (χ1n) is 16.5. The lowest BCUT2D eigenvalue weighted by atomic mass is 9.77. The number of aryl methyl sites for hydroxylation is 2. The van der Waals surface area contributed by atoms with Crippen LogP contribution in [0.3, 0.4) is 0 Å². The number of aliphatic hydroxyl groups excluding tert-OH is 1. The summed E-state index contributed by atoms with van der Waals surface area (Å²) in [5.74, 6) is -0.705. The number of phenolic OH excluding ortho intramolecular Hbond substituents is 1. The summed E-state index contributed by atoms with van der Waals surface area (Å²) >= 11 is 2.96. The largest absolute Gasteiger partial charge is 0.508 e. The molecule has 0 radical (unpaired) electrons. The molecule has 0 bridgehead atoms. The first-order chi connectivity index (χ1) is 23.1. The molecule has 11 nitrogen and oxygen atoms in total. The van der Waals surface area contributed by atoms with Crippen LogP contribution in [0.1, 0.15) is 55.0 Å². The highest BCUT2D eigenvalue weighted by Crippen LogP contribution is 2.42. The van der Waals surface area contributed by atoms with Crippen molar-refractivity contribution in [1.29, 1.82) is 0 Å². The Hall–Kier alpha value is -3.39. The van der Waals surface area contributed by atoms with E-state index >= 15 is 0 Å². The minimum Gasteiger partial charge on any atom is -0.508 e. The lowest BCUT2D eigenvalue weighted by Crippen LogP contribution is -2.61. The molecule has 4 atom stereocenters. The van der Waals surface area contributed by atoms with Gasteiger partial charge in [0.15, 0.2) is 11.6 Å². The Bertz CT molecular complexity index is 1550. The second kappa shape index (κ2) is 16.1. The van der Waals surface area contributed by atoms with Crippen molar-refractivity contribution in [2.45, 2.75) is 89.2 Å². The molecule has 2 aromatic rings. The van der Waals surface area contributed by atoms with Gasteiger partial charge in [-0.25, -0.2) is 0 Å². The third-order valence-corrected chi connectivity index (χ3v) is 12.2. The van der Waals surface area contributed by atoms with E-state index in [1.807, 2.05) is 52.0 Å². The maximum atomic E-state index is 14.5. The molecular weight excluding hydrogens is 665 g/mol. The van der Waals surface area contributed by atoms with Crippen molar-refractivity contribution >= 4 is 52.8 Å². The van der Waals surface area contributed by atoms with Crippen LogP contribution in [0.15, 0.2) is 36.4 Å². The van der Waals surface area contributed by atoms with E-state index < -0.39 is 64.4 Å². The van der Waals surface area contributed by atoms with Crippen molar-refractivity contribution in [3.63, 3.8) is 0 Å². The number of fused-ring (bicyclic) bond motifs is 1. The van der Waals surface area contributed by atoms with Gasteiger partial charge in [-0.2, -0.15) is 23.5 Å². The molecule has 1 heterocycles. The molecule has 4 rings (SSSR count). The molecule has 0 unspecified atom stereocenters. The molecule has 266 valence electrons. The molecule has 1 aliphatic carbocycles. The number of carbonyl (C=O) groups excluding carboxylic acids is 5. The summed E-state index contributed by atoms with van der Waals surface area (Å²) in [6, 6.07) is 6.78. The van der Waals surface area contributed by atoms with Gasteiger partial charge in [0.2, 0.25) is 17.7 Å². The Labute approximate surface area is 296 Å². The highest BCUT2D eigenvalue weighted by Gasteiger charge is 2.49. The van der Waals surface area contributed by atoms with Crippen molar-refractivity contribution in [3.05, 3.63) is 64.2 Å². The van der Waals surface area contributed by atoms with Crippen LogP contribution in [-0.2, 0) is 43.2 Å². The Morgan fingerprint density at radius 2 is 1.65 bits per heavy atom. The number of phenols is 1. The number of aromatic hydroxyl groups is 1. The fourth-order valence-electron chi connectivity index (χ4n) is 6.63. The number of benzene rings is 2. The lowest BCUT2D eigenvalue weighted by molar-refractivity contribution is -0.139. The normalized spacial score (nSPS) is 22.0. The van der Waals surface area contributed by atoms with Gasteiger partial charge in [0.25, 0.3) is 0 Å². The Kier molecular flexibility index (Phi) is 12.6. The van der Waals surface area contributed by atoms with E-state index in [0.29, 0.717) is 11.5 Å². The SMILES string of the molecule is CC(=O)[C@H](CO)NC(=O)[C@@H]1NC(=O)C2(CC(=O)[C@H](NC(=O)[C@@H](N)Cc3c(C)cc(O)cc3C)CSCCSC1(C)C)Cc1ccccc1C2. The van der Waals surface area contributed by atoms with Crippen LogP contribution in [0.2, 0.25) is 0 Å². The third-order valence-electron chi connectivity index (χ3n) is 9.53. The van der Waals surface area contributed by atoms with Crippen LogP contribution in [0.25, 0.3) is 0 Å². The molecule has 49 heavy (non-hydrogen) atoms. The van der Waals surface area contributed by atoms with Crippen LogP contribution < -0.4 is 21.7 Å². The van der Waals surface area contributed by atoms with E-state index in [4.69, 9.17) is 5.73 Å². The summed E-state index contributed by atoms with van der Waals surface area (Å²) in [6.07, 6.45) is 0.568. The average Bonchev–Trinajstić information content (AvgIpc) is 3.41. The van der Waals surface area contributed by atoms with Gasteiger partial charge >= 0.3 is 0 Å². The van der Waals surface area contributed by atoms with Crippen molar-refractivity contribution in [1.82, 2.24) is 16.0 Å². The number of hydrogen-bond donors (Lipinski definition) is 6. The summed E-state index contributed by atoms with van der Waals surface area (Å²) in [6.45, 7) is 8.07. The van der Waals surface area contributed by atoms with E-state index in [1.54, 1.807) is 12.1 Å². The third kappa shape index (κ3) is 9.24. The zero-order valence-corrected chi connectivity index (χ0v) is 30.4. The van der Waals surface area contributed by atoms with Gasteiger partial charge in [-0.3, -0.25) is 24.0 Å². The van der Waals surface area contributed by atoms with Gasteiger partial charge in [-0.15, -0.1) is 0 Å². The van der Waals surface area contributed by atoms with Crippen LogP contribution in [0, 0.1) is 19.3 Å². The van der Waals surface area contributed by atoms with Crippen LogP contribution in [0.4, 0.5) is 0 Å². The monoisotopic (exact) mass is 712 g/mol. The molecule has 1 aliphatic heterocycles. The smallest absolute Gasteiger partial charge is 0.244 e. The summed E-state index contributed by atoms with van der Waals surface area (Å²) in [4.78, 5) is 67.9. The quantitative estimate of drug-likeness (QED) is 0.236. The predicted molar refractivity (Wildman–Crippen MR) is 193 cm³/mol. The van der Waals surface area contributed by atoms with Gasteiger partial charge < -0.3 is 31.9 Å². The van der Waals surface area contributed by atoms with E-state index in [2.05, 4.69) is 16.0 Å².